The van der Waals surface area contributed by atoms with Crippen molar-refractivity contribution in [2.24, 2.45) is 0 Å². The number of nitro groups is 1. The lowest BCUT2D eigenvalue weighted by atomic mass is 10.1. The maximum atomic E-state index is 11.0. The lowest BCUT2D eigenvalue weighted by Crippen LogP contribution is -2.36. The number of hydrogen-bond donors (Lipinski definition) is 1. The van der Waals surface area contributed by atoms with Gasteiger partial charge in [-0.15, -0.1) is 0 Å². The number of anilines is 1. The zero-order chi connectivity index (χ0) is 15.2. The van der Waals surface area contributed by atoms with Crippen LogP contribution in [0.5, 0.6) is 5.75 Å². The van der Waals surface area contributed by atoms with Crippen molar-refractivity contribution in [1.82, 2.24) is 4.90 Å². The summed E-state index contributed by atoms with van der Waals surface area (Å²) in [7, 11) is 2.11. The van der Waals surface area contributed by atoms with Crippen molar-refractivity contribution in [3.05, 3.63) is 28.3 Å². The summed E-state index contributed by atoms with van der Waals surface area (Å²) in [6.07, 6.45) is 2.97. The average Bonchev–Trinajstić information content (AvgIpc) is 2.47. The topological polar surface area (TPSA) is 67.6 Å². The van der Waals surface area contributed by atoms with Gasteiger partial charge in [-0.25, -0.2) is 0 Å². The second kappa shape index (κ2) is 7.26. The highest BCUT2D eigenvalue weighted by atomic mass is 16.6. The van der Waals surface area contributed by atoms with Crippen LogP contribution in [0.25, 0.3) is 0 Å². The van der Waals surface area contributed by atoms with Crippen molar-refractivity contribution in [1.29, 1.82) is 0 Å². The lowest BCUT2D eigenvalue weighted by molar-refractivity contribution is -0.384. The minimum absolute atomic E-state index is 0.0685. The SMILES string of the molecule is CCCOc1cc(NC2CCN(C)CC2)cc([N+](=O)[O-])c1. The lowest BCUT2D eigenvalue weighted by Gasteiger charge is -2.30. The standard InChI is InChI=1S/C15H23N3O3/c1-3-8-21-15-10-13(9-14(11-15)18(19)20)16-12-4-6-17(2)7-5-12/h9-12,16H,3-8H2,1-2H3. The van der Waals surface area contributed by atoms with Gasteiger partial charge in [0.1, 0.15) is 5.75 Å². The van der Waals surface area contributed by atoms with Crippen LogP contribution in [0.1, 0.15) is 26.2 Å². The fourth-order valence-corrected chi connectivity index (χ4v) is 2.46. The van der Waals surface area contributed by atoms with Crippen molar-refractivity contribution in [2.75, 3.05) is 32.1 Å². The molecular formula is C15H23N3O3. The van der Waals surface area contributed by atoms with E-state index in [0.717, 1.165) is 38.0 Å². The maximum Gasteiger partial charge on any atom is 0.275 e. The Hall–Kier alpha value is -1.82. The summed E-state index contributed by atoms with van der Waals surface area (Å²) >= 11 is 0. The van der Waals surface area contributed by atoms with Crippen LogP contribution in [0.4, 0.5) is 11.4 Å². The van der Waals surface area contributed by atoms with Crippen LogP contribution in [0.3, 0.4) is 0 Å². The Balaban J connectivity index is 2.09. The van der Waals surface area contributed by atoms with Crippen LogP contribution in [0.2, 0.25) is 0 Å². The van der Waals surface area contributed by atoms with Gasteiger partial charge in [0.2, 0.25) is 0 Å². The number of hydrogen-bond acceptors (Lipinski definition) is 5. The first kappa shape index (κ1) is 15.6. The molecule has 1 heterocycles. The van der Waals surface area contributed by atoms with E-state index in [1.807, 2.05) is 13.0 Å². The number of piperidine rings is 1. The molecule has 1 saturated heterocycles. The van der Waals surface area contributed by atoms with Gasteiger partial charge in [0, 0.05) is 23.9 Å². The molecule has 0 unspecified atom stereocenters. The molecule has 0 radical (unpaired) electrons. The van der Waals surface area contributed by atoms with Gasteiger partial charge in [-0.1, -0.05) is 6.92 Å². The third kappa shape index (κ3) is 4.60. The molecule has 0 amide bonds. The quantitative estimate of drug-likeness (QED) is 0.645. The van der Waals surface area contributed by atoms with Gasteiger partial charge < -0.3 is 15.0 Å². The molecule has 21 heavy (non-hydrogen) atoms. The molecule has 6 nitrogen and oxygen atoms in total. The molecule has 0 atom stereocenters. The van der Waals surface area contributed by atoms with Crippen LogP contribution >= 0.6 is 0 Å². The van der Waals surface area contributed by atoms with Gasteiger partial charge in [-0.3, -0.25) is 10.1 Å². The van der Waals surface area contributed by atoms with Crippen LogP contribution in [0.15, 0.2) is 18.2 Å². The summed E-state index contributed by atoms with van der Waals surface area (Å²) in [6, 6.07) is 5.27. The molecule has 1 aromatic carbocycles. The number of rotatable bonds is 6. The van der Waals surface area contributed by atoms with Crippen molar-refractivity contribution >= 4 is 11.4 Å². The van der Waals surface area contributed by atoms with Crippen LogP contribution in [-0.4, -0.2) is 42.6 Å². The molecular weight excluding hydrogens is 270 g/mol. The summed E-state index contributed by atoms with van der Waals surface area (Å²) in [5, 5.41) is 14.4. The average molecular weight is 293 g/mol. The highest BCUT2D eigenvalue weighted by molar-refractivity contribution is 5.56. The molecule has 0 bridgehead atoms. The first-order valence-electron chi connectivity index (χ1n) is 7.46. The molecule has 0 saturated carbocycles. The van der Waals surface area contributed by atoms with E-state index in [1.165, 1.54) is 6.07 Å². The fourth-order valence-electron chi connectivity index (χ4n) is 2.46. The number of nitro benzene ring substituents is 1. The molecule has 0 spiro atoms. The second-order valence-electron chi connectivity index (χ2n) is 5.54. The van der Waals surface area contributed by atoms with Crippen molar-refractivity contribution in [3.63, 3.8) is 0 Å². The molecule has 0 aliphatic carbocycles. The maximum absolute atomic E-state index is 11.0. The second-order valence-corrected chi connectivity index (χ2v) is 5.54. The smallest absolute Gasteiger partial charge is 0.275 e. The van der Waals surface area contributed by atoms with E-state index in [0.29, 0.717) is 18.4 Å². The minimum atomic E-state index is -0.376. The predicted molar refractivity (Wildman–Crippen MR) is 83.0 cm³/mol. The Morgan fingerprint density at radius 1 is 1.38 bits per heavy atom. The van der Waals surface area contributed by atoms with E-state index in [1.54, 1.807) is 6.07 Å². The van der Waals surface area contributed by atoms with Crippen molar-refractivity contribution < 1.29 is 9.66 Å². The highest BCUT2D eigenvalue weighted by Gasteiger charge is 2.18. The molecule has 0 aromatic heterocycles. The Kier molecular flexibility index (Phi) is 5.38. The Labute approximate surface area is 125 Å². The normalized spacial score (nSPS) is 16.7. The molecule has 1 N–H and O–H groups in total. The number of nitrogens with zero attached hydrogens (tertiary/aromatic N) is 2. The van der Waals surface area contributed by atoms with E-state index in [4.69, 9.17) is 4.74 Å². The molecule has 2 rings (SSSR count). The number of ether oxygens (including phenoxy) is 1. The number of nitrogens with one attached hydrogen (secondary N) is 1. The van der Waals surface area contributed by atoms with Gasteiger partial charge >= 0.3 is 0 Å². The van der Waals surface area contributed by atoms with Gasteiger partial charge in [-0.2, -0.15) is 0 Å². The number of non-ortho nitro benzene ring substituents is 1. The molecule has 1 aliphatic rings. The van der Waals surface area contributed by atoms with Crippen LogP contribution in [-0.2, 0) is 0 Å². The Morgan fingerprint density at radius 2 is 2.10 bits per heavy atom. The predicted octanol–water partition coefficient (Wildman–Crippen LogP) is 2.89. The van der Waals surface area contributed by atoms with E-state index in [2.05, 4.69) is 17.3 Å². The van der Waals surface area contributed by atoms with Crippen LogP contribution in [0, 0.1) is 10.1 Å². The number of benzene rings is 1. The summed E-state index contributed by atoms with van der Waals surface area (Å²) in [4.78, 5) is 12.9. The van der Waals surface area contributed by atoms with E-state index in [9.17, 15) is 10.1 Å². The molecule has 1 aromatic rings. The zero-order valence-electron chi connectivity index (χ0n) is 12.7. The first-order chi connectivity index (χ1) is 10.1. The molecule has 116 valence electrons. The first-order valence-corrected chi connectivity index (χ1v) is 7.46. The van der Waals surface area contributed by atoms with Gasteiger partial charge in [0.05, 0.1) is 17.6 Å². The summed E-state index contributed by atoms with van der Waals surface area (Å²) in [5.74, 6) is 0.557. The van der Waals surface area contributed by atoms with Gasteiger partial charge in [0.15, 0.2) is 0 Å². The largest absolute Gasteiger partial charge is 0.493 e. The van der Waals surface area contributed by atoms with Crippen molar-refractivity contribution in [2.45, 2.75) is 32.2 Å². The van der Waals surface area contributed by atoms with E-state index >= 15 is 0 Å². The number of likely N-dealkylation sites (tertiary alicyclic amines) is 1. The third-order valence-corrected chi connectivity index (χ3v) is 3.66. The Morgan fingerprint density at radius 3 is 2.71 bits per heavy atom. The zero-order valence-corrected chi connectivity index (χ0v) is 12.7. The highest BCUT2D eigenvalue weighted by Crippen LogP contribution is 2.27. The van der Waals surface area contributed by atoms with Crippen molar-refractivity contribution in [3.8, 4) is 5.75 Å². The minimum Gasteiger partial charge on any atom is -0.493 e. The third-order valence-electron chi connectivity index (χ3n) is 3.66. The summed E-state index contributed by atoms with van der Waals surface area (Å²) < 4.78 is 5.54. The van der Waals surface area contributed by atoms with Gasteiger partial charge in [-0.05, 0) is 39.4 Å². The monoisotopic (exact) mass is 293 g/mol. The summed E-state index contributed by atoms with van der Waals surface area (Å²) in [6.45, 7) is 4.67. The summed E-state index contributed by atoms with van der Waals surface area (Å²) in [5.41, 5.74) is 0.837. The molecule has 1 aliphatic heterocycles. The van der Waals surface area contributed by atoms with E-state index in [-0.39, 0.29) is 10.6 Å². The fraction of sp³-hybridized carbons (Fsp3) is 0.600. The van der Waals surface area contributed by atoms with Crippen LogP contribution < -0.4 is 10.1 Å². The van der Waals surface area contributed by atoms with E-state index < -0.39 is 0 Å². The van der Waals surface area contributed by atoms with Gasteiger partial charge in [0.25, 0.3) is 5.69 Å². The molecule has 1 fully saturated rings. The molecule has 6 heteroatoms. The Bertz CT molecular complexity index is 485.